The molecule has 0 saturated carbocycles. The van der Waals surface area contributed by atoms with Crippen molar-refractivity contribution in [3.63, 3.8) is 0 Å². The van der Waals surface area contributed by atoms with Crippen molar-refractivity contribution in [2.45, 2.75) is 72.1 Å². The van der Waals surface area contributed by atoms with Gasteiger partial charge in [-0.25, -0.2) is 0 Å². The molecule has 0 unspecified atom stereocenters. The van der Waals surface area contributed by atoms with E-state index in [-0.39, 0.29) is 0 Å². The molecule has 0 saturated heterocycles. The zero-order chi connectivity index (χ0) is 20.0. The van der Waals surface area contributed by atoms with Gasteiger partial charge in [-0.15, -0.1) is 0 Å². The molecule has 2 rings (SSSR count). The number of anilines is 2. The molecule has 2 aromatic carbocycles. The molecule has 0 bridgehead atoms. The molecule has 0 amide bonds. The summed E-state index contributed by atoms with van der Waals surface area (Å²) in [5, 5.41) is 0. The molecule has 0 atom stereocenters. The SMILES string of the molecule is CCCCCC=CCCCSN(c1ccccc1)c1ccc(CC)c(CC)c1. The summed E-state index contributed by atoms with van der Waals surface area (Å²) in [5.41, 5.74) is 5.49. The van der Waals surface area contributed by atoms with E-state index in [4.69, 9.17) is 0 Å². The van der Waals surface area contributed by atoms with Crippen molar-refractivity contribution in [1.29, 1.82) is 0 Å². The van der Waals surface area contributed by atoms with Gasteiger partial charge < -0.3 is 0 Å². The second-order valence-electron chi connectivity index (χ2n) is 7.23. The van der Waals surface area contributed by atoms with Gasteiger partial charge in [0.15, 0.2) is 0 Å². The Morgan fingerprint density at radius 2 is 1.46 bits per heavy atom. The third-order valence-corrected chi connectivity index (χ3v) is 6.20. The fourth-order valence-corrected chi connectivity index (χ4v) is 4.39. The molecule has 28 heavy (non-hydrogen) atoms. The van der Waals surface area contributed by atoms with Gasteiger partial charge in [0.1, 0.15) is 0 Å². The highest BCUT2D eigenvalue weighted by Crippen LogP contribution is 2.34. The lowest BCUT2D eigenvalue weighted by Crippen LogP contribution is -2.09. The molecule has 0 spiro atoms. The molecule has 0 aliphatic heterocycles. The van der Waals surface area contributed by atoms with Gasteiger partial charge in [0.05, 0.1) is 11.4 Å². The summed E-state index contributed by atoms with van der Waals surface area (Å²) < 4.78 is 2.41. The molecule has 2 heteroatoms. The monoisotopic (exact) mass is 395 g/mol. The number of aryl methyl sites for hydroxylation is 2. The van der Waals surface area contributed by atoms with E-state index in [2.05, 4.69) is 85.8 Å². The van der Waals surface area contributed by atoms with E-state index in [9.17, 15) is 0 Å². The molecule has 0 N–H and O–H groups in total. The third kappa shape index (κ3) is 7.39. The van der Waals surface area contributed by atoms with Crippen molar-refractivity contribution < 1.29 is 0 Å². The van der Waals surface area contributed by atoms with Gasteiger partial charge in [0, 0.05) is 5.75 Å². The Bertz CT molecular complexity index is 693. The van der Waals surface area contributed by atoms with Crippen LogP contribution in [0.15, 0.2) is 60.7 Å². The number of rotatable bonds is 13. The molecule has 0 fully saturated rings. The smallest absolute Gasteiger partial charge is 0.0528 e. The van der Waals surface area contributed by atoms with Crippen LogP contribution in [0, 0.1) is 0 Å². The second kappa shape index (κ2) is 13.5. The first-order chi connectivity index (χ1) is 13.8. The third-order valence-electron chi connectivity index (χ3n) is 5.05. The van der Waals surface area contributed by atoms with Crippen molar-refractivity contribution in [2.75, 3.05) is 10.1 Å². The molecule has 0 aliphatic rings. The van der Waals surface area contributed by atoms with Gasteiger partial charge in [-0.2, -0.15) is 0 Å². The van der Waals surface area contributed by atoms with E-state index in [1.165, 1.54) is 61.0 Å². The lowest BCUT2D eigenvalue weighted by atomic mass is 10.0. The van der Waals surface area contributed by atoms with Crippen LogP contribution in [-0.4, -0.2) is 5.75 Å². The lowest BCUT2D eigenvalue weighted by Gasteiger charge is -2.24. The minimum absolute atomic E-state index is 1.09. The van der Waals surface area contributed by atoms with Crippen LogP contribution in [0.25, 0.3) is 0 Å². The summed E-state index contributed by atoms with van der Waals surface area (Å²) in [7, 11) is 0. The summed E-state index contributed by atoms with van der Waals surface area (Å²) in [6, 6.07) is 17.7. The average Bonchev–Trinajstić information content (AvgIpc) is 2.75. The zero-order valence-electron chi connectivity index (χ0n) is 18.0. The predicted octanol–water partition coefficient (Wildman–Crippen LogP) is 8.51. The van der Waals surface area contributed by atoms with Crippen LogP contribution >= 0.6 is 11.9 Å². The van der Waals surface area contributed by atoms with E-state index in [1.807, 2.05) is 11.9 Å². The Kier molecular flexibility index (Phi) is 10.9. The standard InChI is InChI=1S/C26H37NS/c1-4-7-8-9-10-11-12-16-21-28-27(25-17-14-13-15-18-25)26-20-19-23(5-2)24(6-3)22-26/h10-11,13-15,17-20,22H,4-9,12,16,21H2,1-3H3. The number of nitrogens with zero attached hydrogens (tertiary/aromatic N) is 1. The van der Waals surface area contributed by atoms with Crippen LogP contribution < -0.4 is 4.31 Å². The largest absolute Gasteiger partial charge is 0.285 e. The number of hydrogen-bond donors (Lipinski definition) is 0. The van der Waals surface area contributed by atoms with Crippen LogP contribution in [0.5, 0.6) is 0 Å². The van der Waals surface area contributed by atoms with Gasteiger partial charge in [-0.1, -0.05) is 70.0 Å². The summed E-state index contributed by atoms with van der Waals surface area (Å²) in [5.74, 6) is 1.13. The van der Waals surface area contributed by atoms with Crippen molar-refractivity contribution in [3.8, 4) is 0 Å². The quantitative estimate of drug-likeness (QED) is 0.190. The van der Waals surface area contributed by atoms with E-state index < -0.39 is 0 Å². The van der Waals surface area contributed by atoms with E-state index >= 15 is 0 Å². The molecule has 0 radical (unpaired) electrons. The van der Waals surface area contributed by atoms with Crippen molar-refractivity contribution in [1.82, 2.24) is 0 Å². The van der Waals surface area contributed by atoms with Crippen molar-refractivity contribution >= 4 is 23.3 Å². The van der Waals surface area contributed by atoms with E-state index in [0.717, 1.165) is 18.6 Å². The highest BCUT2D eigenvalue weighted by Gasteiger charge is 2.11. The Morgan fingerprint density at radius 1 is 0.750 bits per heavy atom. The molecule has 1 nitrogen and oxygen atoms in total. The maximum atomic E-state index is 2.41. The Morgan fingerprint density at radius 3 is 2.14 bits per heavy atom. The first-order valence-electron chi connectivity index (χ1n) is 11.0. The zero-order valence-corrected chi connectivity index (χ0v) is 18.8. The number of allylic oxidation sites excluding steroid dienone is 2. The normalized spacial score (nSPS) is 11.2. The molecular formula is C26H37NS. The van der Waals surface area contributed by atoms with Crippen molar-refractivity contribution in [2.24, 2.45) is 0 Å². The van der Waals surface area contributed by atoms with Gasteiger partial charge in [-0.05, 0) is 85.9 Å². The fourth-order valence-electron chi connectivity index (χ4n) is 3.38. The fraction of sp³-hybridized carbons (Fsp3) is 0.462. The van der Waals surface area contributed by atoms with E-state index in [0.29, 0.717) is 0 Å². The predicted molar refractivity (Wildman–Crippen MR) is 129 cm³/mol. The maximum Gasteiger partial charge on any atom is 0.0528 e. The van der Waals surface area contributed by atoms with Crippen LogP contribution in [0.3, 0.4) is 0 Å². The Balaban J connectivity index is 1.98. The summed E-state index contributed by atoms with van der Waals surface area (Å²) in [6.07, 6.45) is 14.5. The highest BCUT2D eigenvalue weighted by molar-refractivity contribution is 8.00. The molecule has 0 aliphatic carbocycles. The molecule has 0 heterocycles. The van der Waals surface area contributed by atoms with Crippen LogP contribution in [-0.2, 0) is 12.8 Å². The van der Waals surface area contributed by atoms with Gasteiger partial charge in [0.25, 0.3) is 0 Å². The Hall–Kier alpha value is -1.67. The molecular weight excluding hydrogens is 358 g/mol. The van der Waals surface area contributed by atoms with Crippen LogP contribution in [0.4, 0.5) is 11.4 Å². The number of para-hydroxylation sites is 1. The topological polar surface area (TPSA) is 3.24 Å². The van der Waals surface area contributed by atoms with Gasteiger partial charge in [0.2, 0.25) is 0 Å². The maximum absolute atomic E-state index is 2.41. The Labute approximate surface area is 177 Å². The summed E-state index contributed by atoms with van der Waals surface area (Å²) in [6.45, 7) is 6.76. The summed E-state index contributed by atoms with van der Waals surface area (Å²) in [4.78, 5) is 0. The average molecular weight is 396 g/mol. The number of hydrogen-bond acceptors (Lipinski definition) is 2. The van der Waals surface area contributed by atoms with Crippen LogP contribution in [0.1, 0.15) is 70.4 Å². The van der Waals surface area contributed by atoms with Gasteiger partial charge >= 0.3 is 0 Å². The van der Waals surface area contributed by atoms with Crippen LogP contribution in [0.2, 0.25) is 0 Å². The van der Waals surface area contributed by atoms with E-state index in [1.54, 1.807) is 0 Å². The minimum atomic E-state index is 1.09. The lowest BCUT2D eigenvalue weighted by molar-refractivity contribution is 0.727. The minimum Gasteiger partial charge on any atom is -0.285 e. The van der Waals surface area contributed by atoms with Crippen molar-refractivity contribution in [3.05, 3.63) is 71.8 Å². The molecule has 152 valence electrons. The summed E-state index contributed by atoms with van der Waals surface area (Å²) >= 11 is 1.93. The number of benzene rings is 2. The molecule has 0 aromatic heterocycles. The van der Waals surface area contributed by atoms with Gasteiger partial charge in [-0.3, -0.25) is 4.31 Å². The first kappa shape index (κ1) is 22.6. The second-order valence-corrected chi connectivity index (χ2v) is 8.26. The number of unbranched alkanes of at least 4 members (excludes halogenated alkanes) is 4. The first-order valence-corrected chi connectivity index (χ1v) is 12.0. The highest BCUT2D eigenvalue weighted by atomic mass is 32.2. The molecule has 2 aromatic rings.